The lowest BCUT2D eigenvalue weighted by molar-refractivity contribution is -0.384. The van der Waals surface area contributed by atoms with Gasteiger partial charge >= 0.3 is 5.97 Å². The monoisotopic (exact) mass is 415 g/mol. The third-order valence-corrected chi connectivity index (χ3v) is 4.95. The minimum absolute atomic E-state index is 0.0635. The van der Waals surface area contributed by atoms with Crippen LogP contribution in [0.2, 0.25) is 5.02 Å². The van der Waals surface area contributed by atoms with Crippen molar-refractivity contribution in [1.82, 2.24) is 4.98 Å². The average molecular weight is 416 g/mol. The SMILES string of the molecule is Cc1[nH]c2ccc(C(=O)OC(C)C(=O)Nc3cc([N+](=O)[O-])ccc3Cl)cc2c1C. The molecule has 0 saturated carbocycles. The summed E-state index contributed by atoms with van der Waals surface area (Å²) in [6.45, 7) is 5.30. The number of hydrogen-bond donors (Lipinski definition) is 2. The first-order valence-corrected chi connectivity index (χ1v) is 9.10. The summed E-state index contributed by atoms with van der Waals surface area (Å²) >= 11 is 5.98. The van der Waals surface area contributed by atoms with E-state index >= 15 is 0 Å². The van der Waals surface area contributed by atoms with Crippen molar-refractivity contribution in [1.29, 1.82) is 0 Å². The summed E-state index contributed by atoms with van der Waals surface area (Å²) in [7, 11) is 0. The van der Waals surface area contributed by atoms with Gasteiger partial charge in [0.15, 0.2) is 6.10 Å². The van der Waals surface area contributed by atoms with Crippen LogP contribution in [0.4, 0.5) is 11.4 Å². The van der Waals surface area contributed by atoms with E-state index in [2.05, 4.69) is 10.3 Å². The number of carbonyl (C=O) groups is 2. The Balaban J connectivity index is 1.72. The van der Waals surface area contributed by atoms with Crippen molar-refractivity contribution in [2.75, 3.05) is 5.32 Å². The Morgan fingerprint density at radius 1 is 1.21 bits per heavy atom. The highest BCUT2D eigenvalue weighted by molar-refractivity contribution is 6.33. The normalized spacial score (nSPS) is 11.9. The number of hydrogen-bond acceptors (Lipinski definition) is 5. The van der Waals surface area contributed by atoms with Crippen LogP contribution in [0, 0.1) is 24.0 Å². The van der Waals surface area contributed by atoms with Crippen LogP contribution in [0.15, 0.2) is 36.4 Å². The zero-order valence-corrected chi connectivity index (χ0v) is 16.7. The number of benzene rings is 2. The van der Waals surface area contributed by atoms with Gasteiger partial charge in [0.2, 0.25) is 0 Å². The van der Waals surface area contributed by atoms with Crippen molar-refractivity contribution in [2.45, 2.75) is 26.9 Å². The van der Waals surface area contributed by atoms with E-state index in [1.54, 1.807) is 18.2 Å². The van der Waals surface area contributed by atoms with Crippen LogP contribution in [0.1, 0.15) is 28.5 Å². The van der Waals surface area contributed by atoms with E-state index < -0.39 is 22.9 Å². The second-order valence-electron chi connectivity index (χ2n) is 6.59. The van der Waals surface area contributed by atoms with Crippen molar-refractivity contribution in [2.24, 2.45) is 0 Å². The first kappa shape index (κ1) is 20.3. The van der Waals surface area contributed by atoms with Gasteiger partial charge in [-0.1, -0.05) is 11.6 Å². The van der Waals surface area contributed by atoms with Gasteiger partial charge in [-0.15, -0.1) is 0 Å². The third kappa shape index (κ3) is 4.22. The molecule has 0 spiro atoms. The fourth-order valence-corrected chi connectivity index (χ4v) is 2.99. The number of nitro groups is 1. The summed E-state index contributed by atoms with van der Waals surface area (Å²) in [5.41, 5.74) is 3.09. The van der Waals surface area contributed by atoms with Crippen LogP contribution in [-0.4, -0.2) is 27.9 Å². The van der Waals surface area contributed by atoms with Gasteiger partial charge in [0, 0.05) is 28.7 Å². The van der Waals surface area contributed by atoms with Gasteiger partial charge in [0.25, 0.3) is 11.6 Å². The van der Waals surface area contributed by atoms with Gasteiger partial charge in [0.1, 0.15) is 0 Å². The van der Waals surface area contributed by atoms with Crippen LogP contribution in [0.3, 0.4) is 0 Å². The van der Waals surface area contributed by atoms with Gasteiger partial charge in [-0.05, 0) is 50.6 Å². The number of H-pyrrole nitrogens is 1. The molecule has 1 amide bonds. The van der Waals surface area contributed by atoms with E-state index in [4.69, 9.17) is 16.3 Å². The summed E-state index contributed by atoms with van der Waals surface area (Å²) in [4.78, 5) is 38.3. The predicted octanol–water partition coefficient (Wildman–Crippen LogP) is 4.53. The molecule has 1 unspecified atom stereocenters. The van der Waals surface area contributed by atoms with Gasteiger partial charge in [-0.25, -0.2) is 4.79 Å². The van der Waals surface area contributed by atoms with Crippen molar-refractivity contribution in [3.8, 4) is 0 Å². The van der Waals surface area contributed by atoms with Gasteiger partial charge in [0.05, 0.1) is 21.2 Å². The average Bonchev–Trinajstić information content (AvgIpc) is 2.96. The zero-order valence-electron chi connectivity index (χ0n) is 15.9. The highest BCUT2D eigenvalue weighted by atomic mass is 35.5. The smallest absolute Gasteiger partial charge is 0.338 e. The summed E-state index contributed by atoms with van der Waals surface area (Å²) in [6.07, 6.45) is -1.14. The third-order valence-electron chi connectivity index (χ3n) is 4.62. The second kappa shape index (κ2) is 7.92. The molecule has 150 valence electrons. The molecule has 0 aliphatic heterocycles. The largest absolute Gasteiger partial charge is 0.449 e. The number of nitrogens with one attached hydrogen (secondary N) is 2. The summed E-state index contributed by atoms with van der Waals surface area (Å²) < 4.78 is 5.25. The molecule has 29 heavy (non-hydrogen) atoms. The molecule has 3 aromatic rings. The molecule has 0 aliphatic rings. The molecule has 2 aromatic carbocycles. The molecule has 1 heterocycles. The number of nitrogens with zero attached hydrogens (tertiary/aromatic N) is 1. The van der Waals surface area contributed by atoms with Crippen molar-refractivity contribution in [3.63, 3.8) is 0 Å². The first-order valence-electron chi connectivity index (χ1n) is 8.72. The van der Waals surface area contributed by atoms with Gasteiger partial charge < -0.3 is 15.0 Å². The lowest BCUT2D eigenvalue weighted by Gasteiger charge is -2.14. The fraction of sp³-hybridized carbons (Fsp3) is 0.200. The standard InChI is InChI=1S/C20H18ClN3O5/c1-10-11(2)22-17-7-4-13(8-15(10)17)20(26)29-12(3)19(25)23-18-9-14(24(27)28)5-6-16(18)21/h4-9,12,22H,1-3H3,(H,23,25). The van der Waals surface area contributed by atoms with E-state index in [1.807, 2.05) is 13.8 Å². The molecule has 1 aromatic heterocycles. The number of aryl methyl sites for hydroxylation is 2. The highest BCUT2D eigenvalue weighted by Gasteiger charge is 2.21. The molecule has 0 radical (unpaired) electrons. The van der Waals surface area contributed by atoms with Crippen LogP contribution < -0.4 is 5.32 Å². The Kier molecular flexibility index (Phi) is 5.56. The molecule has 2 N–H and O–H groups in total. The molecule has 0 saturated heterocycles. The van der Waals surface area contributed by atoms with E-state index in [9.17, 15) is 19.7 Å². The molecular weight excluding hydrogens is 398 g/mol. The number of esters is 1. The Morgan fingerprint density at radius 2 is 1.93 bits per heavy atom. The minimum atomic E-state index is -1.14. The summed E-state index contributed by atoms with van der Waals surface area (Å²) in [5, 5.41) is 14.4. The van der Waals surface area contributed by atoms with E-state index in [0.717, 1.165) is 28.2 Å². The number of amides is 1. The maximum atomic E-state index is 12.5. The van der Waals surface area contributed by atoms with Crippen molar-refractivity contribution < 1.29 is 19.2 Å². The van der Waals surface area contributed by atoms with Crippen molar-refractivity contribution in [3.05, 3.63) is 68.4 Å². The Morgan fingerprint density at radius 3 is 2.62 bits per heavy atom. The van der Waals surface area contributed by atoms with E-state index in [-0.39, 0.29) is 16.4 Å². The minimum Gasteiger partial charge on any atom is -0.449 e. The van der Waals surface area contributed by atoms with Crippen LogP contribution in [-0.2, 0) is 9.53 Å². The number of rotatable bonds is 5. The number of non-ortho nitro benzene ring substituents is 1. The van der Waals surface area contributed by atoms with E-state index in [0.29, 0.717) is 5.56 Å². The number of anilines is 1. The molecule has 0 bridgehead atoms. The Hall–Kier alpha value is -3.39. The molecule has 8 nitrogen and oxygen atoms in total. The number of aromatic nitrogens is 1. The molecule has 0 aliphatic carbocycles. The number of nitro benzene ring substituents is 1. The number of halogens is 1. The molecule has 3 rings (SSSR count). The number of carbonyl (C=O) groups excluding carboxylic acids is 2. The van der Waals surface area contributed by atoms with Crippen molar-refractivity contribution >= 4 is 45.8 Å². The summed E-state index contributed by atoms with van der Waals surface area (Å²) in [6, 6.07) is 8.77. The fourth-order valence-electron chi connectivity index (χ4n) is 2.83. The topological polar surface area (TPSA) is 114 Å². The van der Waals surface area contributed by atoms with Crippen LogP contribution >= 0.6 is 11.6 Å². The van der Waals surface area contributed by atoms with Crippen LogP contribution in [0.5, 0.6) is 0 Å². The maximum Gasteiger partial charge on any atom is 0.338 e. The summed E-state index contributed by atoms with van der Waals surface area (Å²) in [5.74, 6) is -1.31. The lowest BCUT2D eigenvalue weighted by atomic mass is 10.1. The predicted molar refractivity (Wildman–Crippen MR) is 109 cm³/mol. The second-order valence-corrected chi connectivity index (χ2v) is 7.00. The molecule has 1 atom stereocenters. The quantitative estimate of drug-likeness (QED) is 0.361. The zero-order chi connectivity index (χ0) is 21.3. The first-order chi connectivity index (χ1) is 13.7. The maximum absolute atomic E-state index is 12.5. The van der Waals surface area contributed by atoms with Gasteiger partial charge in [-0.3, -0.25) is 14.9 Å². The number of ether oxygens (including phenoxy) is 1. The Labute approximate surface area is 171 Å². The van der Waals surface area contributed by atoms with Crippen LogP contribution in [0.25, 0.3) is 10.9 Å². The van der Waals surface area contributed by atoms with E-state index in [1.165, 1.54) is 19.1 Å². The number of fused-ring (bicyclic) bond motifs is 1. The van der Waals surface area contributed by atoms with Gasteiger partial charge in [-0.2, -0.15) is 0 Å². The Bertz CT molecular complexity index is 1140. The molecular formula is C20H18ClN3O5. The number of aromatic amines is 1. The molecule has 0 fully saturated rings. The lowest BCUT2D eigenvalue weighted by Crippen LogP contribution is -2.30. The highest BCUT2D eigenvalue weighted by Crippen LogP contribution is 2.27. The molecule has 9 heteroatoms.